The molecule has 29 heavy (non-hydrogen) atoms. The van der Waals surface area contributed by atoms with E-state index in [0.717, 1.165) is 0 Å². The fraction of sp³-hybridized carbons (Fsp3) is 0. The zero-order valence-corrected chi connectivity index (χ0v) is 19.6. The van der Waals surface area contributed by atoms with Crippen molar-refractivity contribution in [3.05, 3.63) is 65.8 Å². The molecular formula is C12H6Cl7N6O3P. The molecule has 0 fully saturated rings. The van der Waals surface area contributed by atoms with Gasteiger partial charge in [-0.3, -0.25) is 18.9 Å². The van der Waals surface area contributed by atoms with E-state index in [9.17, 15) is 14.2 Å². The molecule has 4 aromatic heterocycles. The van der Waals surface area contributed by atoms with E-state index in [1.807, 2.05) is 0 Å². The number of halogens is 7. The zero-order valence-electron chi connectivity index (χ0n) is 13.4. The molecule has 0 aliphatic carbocycles. The minimum atomic E-state index is -3.22. The average molecular weight is 561 g/mol. The normalized spacial score (nSPS) is 11.0. The van der Waals surface area contributed by atoms with Gasteiger partial charge in [-0.1, -0.05) is 34.8 Å². The van der Waals surface area contributed by atoms with Crippen LogP contribution in [-0.2, 0) is 4.57 Å². The Labute approximate surface area is 195 Å². The number of nitrogens with one attached hydrogen (secondary N) is 2. The van der Waals surface area contributed by atoms with Crippen molar-refractivity contribution in [1.29, 1.82) is 0 Å². The lowest BCUT2D eigenvalue weighted by atomic mass is 10.5. The van der Waals surface area contributed by atoms with Crippen LogP contribution in [0.25, 0.3) is 11.0 Å². The lowest BCUT2D eigenvalue weighted by Gasteiger charge is -1.96. The molecule has 0 atom stereocenters. The second-order valence-electron chi connectivity index (χ2n) is 4.80. The van der Waals surface area contributed by atoms with Gasteiger partial charge < -0.3 is 0 Å². The maximum Gasteiger partial charge on any atom is 0.340 e. The van der Waals surface area contributed by atoms with Crippen molar-refractivity contribution >= 4 is 96.4 Å². The molecule has 4 rings (SSSR count). The van der Waals surface area contributed by atoms with E-state index in [1.165, 1.54) is 21.3 Å². The van der Waals surface area contributed by atoms with E-state index >= 15 is 0 Å². The fourth-order valence-corrected chi connectivity index (χ4v) is 2.93. The number of hydrogen-bond donors (Lipinski definition) is 2. The average Bonchev–Trinajstić information content (AvgIpc) is 3.10. The molecule has 156 valence electrons. The molecular weight excluding hydrogens is 555 g/mol. The van der Waals surface area contributed by atoms with E-state index in [4.69, 9.17) is 46.4 Å². The first-order chi connectivity index (χ1) is 13.4. The molecule has 2 N–H and O–H groups in total. The smallest absolute Gasteiger partial charge is 0.271 e. The van der Waals surface area contributed by atoms with Crippen LogP contribution in [0.15, 0.2) is 34.1 Å². The summed E-state index contributed by atoms with van der Waals surface area (Å²) >= 11 is 36.6. The first kappa shape index (κ1) is 24.4. The molecule has 4 aromatic rings. The Hall–Kier alpha value is -0.900. The Balaban J connectivity index is 0.000000170. The SMILES string of the molecule is Clc1nc(Cl)c2c(Cl)ccn2n1.O=P(Cl)(Cl)Cl.O=c1[nH]c(=O)c2c(Cl)ccn2[nH]1. The second kappa shape index (κ2) is 9.94. The summed E-state index contributed by atoms with van der Waals surface area (Å²) < 4.78 is 12.3. The highest BCUT2D eigenvalue weighted by atomic mass is 36.0. The summed E-state index contributed by atoms with van der Waals surface area (Å²) in [4.78, 5) is 27.7. The highest BCUT2D eigenvalue weighted by Crippen LogP contribution is 2.61. The predicted octanol–water partition coefficient (Wildman–Crippen LogP) is 5.47. The van der Waals surface area contributed by atoms with Crippen molar-refractivity contribution in [1.82, 2.24) is 29.2 Å². The second-order valence-corrected chi connectivity index (χ2v) is 13.0. The van der Waals surface area contributed by atoms with Crippen LogP contribution in [0, 0.1) is 0 Å². The minimum absolute atomic E-state index is 0.0970. The van der Waals surface area contributed by atoms with Gasteiger partial charge in [0.2, 0.25) is 5.28 Å². The van der Waals surface area contributed by atoms with Crippen LogP contribution >= 0.6 is 85.3 Å². The van der Waals surface area contributed by atoms with Crippen molar-refractivity contribution in [2.75, 3.05) is 0 Å². The molecule has 0 saturated carbocycles. The highest BCUT2D eigenvalue weighted by Gasteiger charge is 2.08. The molecule has 0 aliphatic rings. The summed E-state index contributed by atoms with van der Waals surface area (Å²) in [6, 6.07) is 3.20. The Morgan fingerprint density at radius 1 is 0.931 bits per heavy atom. The zero-order chi connectivity index (χ0) is 21.9. The molecule has 0 amide bonds. The van der Waals surface area contributed by atoms with Crippen LogP contribution in [0.1, 0.15) is 0 Å². The topological polar surface area (TPSA) is 117 Å². The first-order valence-corrected chi connectivity index (χ1v) is 12.8. The van der Waals surface area contributed by atoms with Crippen molar-refractivity contribution in [2.45, 2.75) is 0 Å². The summed E-state index contributed by atoms with van der Waals surface area (Å²) in [5.41, 5.74) is -0.229. The minimum Gasteiger partial charge on any atom is -0.271 e. The molecule has 9 nitrogen and oxygen atoms in total. The van der Waals surface area contributed by atoms with Crippen molar-refractivity contribution < 1.29 is 4.57 Å². The number of nitrogens with zero attached hydrogens (tertiary/aromatic N) is 4. The van der Waals surface area contributed by atoms with Crippen LogP contribution in [0.5, 0.6) is 0 Å². The largest absolute Gasteiger partial charge is 0.340 e. The van der Waals surface area contributed by atoms with E-state index in [0.29, 0.717) is 15.6 Å². The van der Waals surface area contributed by atoms with E-state index in [1.54, 1.807) is 12.3 Å². The Morgan fingerprint density at radius 3 is 2.10 bits per heavy atom. The van der Waals surface area contributed by atoms with Crippen molar-refractivity contribution in [3.63, 3.8) is 0 Å². The summed E-state index contributed by atoms with van der Waals surface area (Å²) in [5.74, 6) is 0. The lowest BCUT2D eigenvalue weighted by molar-refractivity contribution is 0.600. The number of fused-ring (bicyclic) bond motifs is 2. The van der Waals surface area contributed by atoms with Gasteiger partial charge in [-0.15, -0.1) is 5.10 Å². The van der Waals surface area contributed by atoms with Gasteiger partial charge >= 0.3 is 10.9 Å². The monoisotopic (exact) mass is 558 g/mol. The molecule has 4 heterocycles. The van der Waals surface area contributed by atoms with Gasteiger partial charge in [0.15, 0.2) is 5.15 Å². The van der Waals surface area contributed by atoms with Crippen LogP contribution in [-0.4, -0.2) is 29.2 Å². The van der Waals surface area contributed by atoms with Crippen molar-refractivity contribution in [3.8, 4) is 0 Å². The summed E-state index contributed by atoms with van der Waals surface area (Å²) in [7, 11) is 0. The maximum absolute atomic E-state index is 11.1. The van der Waals surface area contributed by atoms with Gasteiger partial charge in [0, 0.05) is 12.4 Å². The number of rotatable bonds is 0. The summed E-state index contributed by atoms with van der Waals surface area (Å²) in [6.07, 6.45) is 3.17. The molecule has 0 unspecified atom stereocenters. The third kappa shape index (κ3) is 7.08. The molecule has 0 spiro atoms. The van der Waals surface area contributed by atoms with Gasteiger partial charge in [-0.05, 0) is 57.5 Å². The molecule has 0 aliphatic heterocycles. The third-order valence-corrected chi connectivity index (χ3v) is 3.93. The van der Waals surface area contributed by atoms with E-state index in [2.05, 4.69) is 53.9 Å². The lowest BCUT2D eigenvalue weighted by Crippen LogP contribution is -2.25. The standard InChI is InChI=1S/C6H2Cl3N3.C6H4ClN3O2.Cl3OP/c7-3-1-2-12-4(3)5(8)10-6(9)11-12;7-3-1-2-10-4(3)5(11)8-6(12)9-10;1-5(2,3)4/h1-2H;1-2H,(H2,8,9,11,12);. The van der Waals surface area contributed by atoms with Crippen LogP contribution in [0.3, 0.4) is 0 Å². The highest BCUT2D eigenvalue weighted by molar-refractivity contribution is 8.24. The third-order valence-electron chi connectivity index (χ3n) is 2.89. The Kier molecular flexibility index (Phi) is 8.35. The molecule has 0 radical (unpaired) electrons. The fourth-order valence-electron chi connectivity index (χ4n) is 1.94. The number of aromatic amines is 2. The van der Waals surface area contributed by atoms with Gasteiger partial charge in [0.1, 0.15) is 11.0 Å². The quantitative estimate of drug-likeness (QED) is 0.276. The number of H-pyrrole nitrogens is 2. The van der Waals surface area contributed by atoms with Crippen LogP contribution in [0.2, 0.25) is 20.5 Å². The maximum atomic E-state index is 11.1. The number of aromatic nitrogens is 6. The Bertz CT molecular complexity index is 1310. The molecule has 0 aromatic carbocycles. The van der Waals surface area contributed by atoms with Gasteiger partial charge in [-0.25, -0.2) is 19.4 Å². The van der Waals surface area contributed by atoms with Gasteiger partial charge in [0.25, 0.3) is 5.56 Å². The van der Waals surface area contributed by atoms with Gasteiger partial charge in [0.05, 0.1) is 10.0 Å². The summed E-state index contributed by atoms with van der Waals surface area (Å²) in [6.45, 7) is 0. The van der Waals surface area contributed by atoms with E-state index in [-0.39, 0.29) is 16.0 Å². The molecule has 0 saturated heterocycles. The molecule has 0 bridgehead atoms. The summed E-state index contributed by atoms with van der Waals surface area (Å²) in [5, 5.41) is 4.18. The van der Waals surface area contributed by atoms with Crippen LogP contribution in [0.4, 0.5) is 0 Å². The van der Waals surface area contributed by atoms with Gasteiger partial charge in [-0.2, -0.15) is 0 Å². The van der Waals surface area contributed by atoms with Crippen LogP contribution < -0.4 is 11.2 Å². The molecule has 17 heteroatoms. The van der Waals surface area contributed by atoms with E-state index < -0.39 is 16.4 Å². The first-order valence-electron chi connectivity index (χ1n) is 6.91. The Morgan fingerprint density at radius 2 is 1.48 bits per heavy atom. The predicted molar refractivity (Wildman–Crippen MR) is 117 cm³/mol. The van der Waals surface area contributed by atoms with Crippen molar-refractivity contribution in [2.24, 2.45) is 0 Å². The number of hydrogen-bond acceptors (Lipinski definition) is 5.